The number of ether oxygens (including phenoxy) is 1. The number of nitriles is 1. The molecule has 3 heteroatoms. The van der Waals surface area contributed by atoms with E-state index in [-0.39, 0.29) is 6.10 Å². The quantitative estimate of drug-likeness (QED) is 0.714. The average molecular weight is 348 g/mol. The number of benzene rings is 2. The van der Waals surface area contributed by atoms with Gasteiger partial charge >= 0.3 is 0 Å². The molecule has 0 bridgehead atoms. The number of hydrogen-bond donors (Lipinski definition) is 0. The summed E-state index contributed by atoms with van der Waals surface area (Å²) in [6.07, 6.45) is 5.84. The van der Waals surface area contributed by atoms with E-state index in [9.17, 15) is 0 Å². The summed E-state index contributed by atoms with van der Waals surface area (Å²) in [4.78, 5) is 2.30. The van der Waals surface area contributed by atoms with E-state index in [4.69, 9.17) is 10.00 Å². The van der Waals surface area contributed by atoms with Crippen LogP contribution in [0, 0.1) is 11.3 Å². The molecular weight excluding hydrogens is 320 g/mol. The first kappa shape index (κ1) is 18.5. The van der Waals surface area contributed by atoms with Gasteiger partial charge < -0.3 is 9.64 Å². The molecule has 136 valence electrons. The molecule has 0 amide bonds. The van der Waals surface area contributed by atoms with Crippen LogP contribution in [0.5, 0.6) is 5.75 Å². The fraction of sp³-hybridized carbons (Fsp3) is 0.435. The molecule has 0 heterocycles. The molecule has 0 saturated heterocycles. The van der Waals surface area contributed by atoms with Crippen LogP contribution >= 0.6 is 0 Å². The van der Waals surface area contributed by atoms with Gasteiger partial charge in [0.15, 0.2) is 0 Å². The minimum atomic E-state index is -0.00150. The molecule has 0 fully saturated rings. The van der Waals surface area contributed by atoms with Gasteiger partial charge in [0.2, 0.25) is 0 Å². The maximum atomic E-state index is 9.03. The van der Waals surface area contributed by atoms with Gasteiger partial charge in [-0.1, -0.05) is 25.1 Å². The number of fused-ring (bicyclic) bond motifs is 1. The predicted molar refractivity (Wildman–Crippen MR) is 105 cm³/mol. The molecule has 1 unspecified atom stereocenters. The number of aryl methyl sites for hydroxylation is 2. The monoisotopic (exact) mass is 348 g/mol. The summed E-state index contributed by atoms with van der Waals surface area (Å²) in [5, 5.41) is 9.03. The first-order valence-electron chi connectivity index (χ1n) is 9.66. The standard InChI is InChI=1S/C23H28N2O/c1-3-25(2)15-14-23(20-10-8-18(17-24)9-11-20)26-22-13-12-19-6-4-5-7-21(19)16-22/h8-13,16,23H,3-7,14-15H2,1-2H3. The van der Waals surface area contributed by atoms with Crippen molar-refractivity contribution in [1.29, 1.82) is 5.26 Å². The fourth-order valence-corrected chi connectivity index (χ4v) is 3.51. The van der Waals surface area contributed by atoms with E-state index >= 15 is 0 Å². The minimum absolute atomic E-state index is 0.00150. The summed E-state index contributed by atoms with van der Waals surface area (Å²) < 4.78 is 6.43. The Labute approximate surface area is 157 Å². The van der Waals surface area contributed by atoms with Crippen molar-refractivity contribution >= 4 is 0 Å². The Morgan fingerprint density at radius 3 is 2.50 bits per heavy atom. The van der Waals surface area contributed by atoms with Crippen molar-refractivity contribution < 1.29 is 4.74 Å². The summed E-state index contributed by atoms with van der Waals surface area (Å²) in [5.74, 6) is 0.958. The van der Waals surface area contributed by atoms with Gasteiger partial charge in [-0.3, -0.25) is 0 Å². The molecule has 3 nitrogen and oxygen atoms in total. The van der Waals surface area contributed by atoms with Gasteiger partial charge in [0.1, 0.15) is 11.9 Å². The third-order valence-corrected chi connectivity index (χ3v) is 5.32. The molecule has 0 spiro atoms. The topological polar surface area (TPSA) is 36.3 Å². The van der Waals surface area contributed by atoms with Gasteiger partial charge in [-0.2, -0.15) is 5.26 Å². The molecule has 1 aliphatic rings. The van der Waals surface area contributed by atoms with Crippen molar-refractivity contribution in [1.82, 2.24) is 4.90 Å². The summed E-state index contributed by atoms with van der Waals surface area (Å²) in [5.41, 5.74) is 4.74. The number of hydrogen-bond acceptors (Lipinski definition) is 3. The Bertz CT molecular complexity index is 761. The molecule has 26 heavy (non-hydrogen) atoms. The zero-order valence-corrected chi connectivity index (χ0v) is 15.9. The van der Waals surface area contributed by atoms with E-state index in [0.717, 1.165) is 37.2 Å². The van der Waals surface area contributed by atoms with Crippen molar-refractivity contribution in [2.45, 2.75) is 45.1 Å². The Morgan fingerprint density at radius 1 is 1.08 bits per heavy atom. The molecular formula is C23H28N2O. The normalized spacial score (nSPS) is 14.5. The minimum Gasteiger partial charge on any atom is -0.486 e. The molecule has 1 atom stereocenters. The highest BCUT2D eigenvalue weighted by Gasteiger charge is 2.16. The number of nitrogens with zero attached hydrogens (tertiary/aromatic N) is 2. The highest BCUT2D eigenvalue weighted by Crippen LogP contribution is 2.30. The average Bonchev–Trinajstić information content (AvgIpc) is 2.70. The maximum absolute atomic E-state index is 9.03. The van der Waals surface area contributed by atoms with Crippen molar-refractivity contribution in [3.63, 3.8) is 0 Å². The van der Waals surface area contributed by atoms with Gasteiger partial charge in [0, 0.05) is 13.0 Å². The summed E-state index contributed by atoms with van der Waals surface area (Å²) in [6.45, 7) is 4.17. The van der Waals surface area contributed by atoms with Crippen molar-refractivity contribution in [3.8, 4) is 11.8 Å². The molecule has 2 aromatic carbocycles. The van der Waals surface area contributed by atoms with Gasteiger partial charge in [-0.15, -0.1) is 0 Å². The van der Waals surface area contributed by atoms with Gasteiger partial charge in [-0.25, -0.2) is 0 Å². The lowest BCUT2D eigenvalue weighted by Gasteiger charge is -2.24. The fourth-order valence-electron chi connectivity index (χ4n) is 3.51. The smallest absolute Gasteiger partial charge is 0.125 e. The highest BCUT2D eigenvalue weighted by molar-refractivity contribution is 5.38. The Hall–Kier alpha value is -2.31. The van der Waals surface area contributed by atoms with Crippen LogP contribution in [0.1, 0.15) is 54.5 Å². The second-order valence-electron chi connectivity index (χ2n) is 7.16. The molecule has 0 radical (unpaired) electrons. The van der Waals surface area contributed by atoms with Crippen LogP contribution in [0.25, 0.3) is 0 Å². The Kier molecular flexibility index (Phi) is 6.30. The van der Waals surface area contributed by atoms with E-state index in [1.165, 1.54) is 30.4 Å². The van der Waals surface area contributed by atoms with Crippen LogP contribution in [0.2, 0.25) is 0 Å². The molecule has 0 aliphatic heterocycles. The van der Waals surface area contributed by atoms with Gasteiger partial charge in [0.25, 0.3) is 0 Å². The number of rotatable bonds is 7. The summed E-state index contributed by atoms with van der Waals surface area (Å²) in [7, 11) is 2.13. The van der Waals surface area contributed by atoms with E-state index in [1.54, 1.807) is 0 Å². The van der Waals surface area contributed by atoms with E-state index < -0.39 is 0 Å². The van der Waals surface area contributed by atoms with Crippen molar-refractivity contribution in [2.75, 3.05) is 20.1 Å². The largest absolute Gasteiger partial charge is 0.486 e. The summed E-state index contributed by atoms with van der Waals surface area (Å²) >= 11 is 0. The predicted octanol–water partition coefficient (Wildman–Crippen LogP) is 4.90. The summed E-state index contributed by atoms with van der Waals surface area (Å²) in [6, 6.07) is 16.6. The van der Waals surface area contributed by atoms with Crippen LogP contribution in [0.4, 0.5) is 0 Å². The van der Waals surface area contributed by atoms with Crippen LogP contribution in [-0.4, -0.2) is 25.0 Å². The molecule has 0 aromatic heterocycles. The second-order valence-corrected chi connectivity index (χ2v) is 7.16. The third kappa shape index (κ3) is 4.65. The van der Waals surface area contributed by atoms with Crippen LogP contribution in [0.3, 0.4) is 0 Å². The van der Waals surface area contributed by atoms with Crippen molar-refractivity contribution in [2.24, 2.45) is 0 Å². The lowest BCUT2D eigenvalue weighted by Crippen LogP contribution is -2.22. The molecule has 0 saturated carbocycles. The van der Waals surface area contributed by atoms with Gasteiger partial charge in [0.05, 0.1) is 11.6 Å². The Balaban J connectivity index is 1.79. The van der Waals surface area contributed by atoms with Gasteiger partial charge in [-0.05, 0) is 80.2 Å². The highest BCUT2D eigenvalue weighted by atomic mass is 16.5. The molecule has 3 rings (SSSR count). The van der Waals surface area contributed by atoms with E-state index in [2.05, 4.69) is 43.1 Å². The zero-order chi connectivity index (χ0) is 18.4. The first-order valence-corrected chi connectivity index (χ1v) is 9.66. The van der Waals surface area contributed by atoms with Crippen LogP contribution in [0.15, 0.2) is 42.5 Å². The van der Waals surface area contributed by atoms with E-state index in [0.29, 0.717) is 5.56 Å². The molecule has 1 aliphatic carbocycles. The van der Waals surface area contributed by atoms with E-state index in [1.807, 2.05) is 24.3 Å². The van der Waals surface area contributed by atoms with Crippen molar-refractivity contribution in [3.05, 3.63) is 64.7 Å². The lowest BCUT2D eigenvalue weighted by molar-refractivity contribution is 0.174. The molecule has 2 aromatic rings. The maximum Gasteiger partial charge on any atom is 0.125 e. The Morgan fingerprint density at radius 2 is 1.81 bits per heavy atom. The lowest BCUT2D eigenvalue weighted by atomic mass is 9.92. The molecule has 0 N–H and O–H groups in total. The van der Waals surface area contributed by atoms with Crippen LogP contribution in [-0.2, 0) is 12.8 Å². The SMILES string of the molecule is CCN(C)CCC(Oc1ccc2c(c1)CCCC2)c1ccc(C#N)cc1. The second kappa shape index (κ2) is 8.87. The van der Waals surface area contributed by atoms with Crippen LogP contribution < -0.4 is 4.74 Å². The zero-order valence-electron chi connectivity index (χ0n) is 15.9. The third-order valence-electron chi connectivity index (χ3n) is 5.32. The first-order chi connectivity index (χ1) is 12.7.